The van der Waals surface area contributed by atoms with Gasteiger partial charge >= 0.3 is 0 Å². The van der Waals surface area contributed by atoms with Crippen LogP contribution in [0.15, 0.2) is 30.3 Å². The zero-order valence-corrected chi connectivity index (χ0v) is 13.7. The molecule has 1 atom stereocenters. The molecule has 1 aliphatic rings. The van der Waals surface area contributed by atoms with Gasteiger partial charge in [0.25, 0.3) is 0 Å². The number of likely N-dealkylation sites (tertiary alicyclic amines) is 1. The van der Waals surface area contributed by atoms with Crippen molar-refractivity contribution >= 4 is 0 Å². The second-order valence-corrected chi connectivity index (χ2v) is 7.24. The van der Waals surface area contributed by atoms with Gasteiger partial charge in [0.05, 0.1) is 0 Å². The van der Waals surface area contributed by atoms with Crippen molar-refractivity contribution in [1.82, 2.24) is 4.90 Å². The molecule has 20 heavy (non-hydrogen) atoms. The van der Waals surface area contributed by atoms with Crippen LogP contribution in [-0.2, 0) is 0 Å². The van der Waals surface area contributed by atoms with Crippen LogP contribution in [-0.4, -0.2) is 24.5 Å². The van der Waals surface area contributed by atoms with Crippen molar-refractivity contribution in [2.45, 2.75) is 46.5 Å². The molecule has 1 aromatic carbocycles. The van der Waals surface area contributed by atoms with E-state index < -0.39 is 0 Å². The van der Waals surface area contributed by atoms with Gasteiger partial charge in [-0.25, -0.2) is 0 Å². The summed E-state index contributed by atoms with van der Waals surface area (Å²) in [4.78, 5) is 2.64. The van der Waals surface area contributed by atoms with E-state index in [1.54, 1.807) is 0 Å². The molecule has 0 aliphatic carbocycles. The molecule has 0 bridgehead atoms. The summed E-state index contributed by atoms with van der Waals surface area (Å²) in [5.41, 5.74) is 1.54. The lowest BCUT2D eigenvalue weighted by atomic mass is 9.74. The average Bonchev–Trinajstić information content (AvgIpc) is 2.36. The van der Waals surface area contributed by atoms with Crippen LogP contribution >= 0.6 is 0 Å². The first-order chi connectivity index (χ1) is 9.58. The molecule has 0 radical (unpaired) electrons. The lowest BCUT2D eigenvalue weighted by Crippen LogP contribution is -2.50. The molecule has 1 heterocycles. The Morgan fingerprint density at radius 2 is 1.70 bits per heavy atom. The standard InChI is InChI=1S/C19H31N/c1-15(2)9-8-12-20-13-18(14-20)19(16(3)4)17-10-6-5-7-11-17/h5-7,10-11,15-16,18-19H,8-9,12-14H2,1-4H3/t19-/m1/s1. The molecule has 0 N–H and O–H groups in total. The molecule has 0 amide bonds. The van der Waals surface area contributed by atoms with Crippen molar-refractivity contribution in [3.05, 3.63) is 35.9 Å². The smallest absolute Gasteiger partial charge is 0.00280 e. The Balaban J connectivity index is 1.83. The molecular formula is C19H31N. The highest BCUT2D eigenvalue weighted by Crippen LogP contribution is 2.37. The Hall–Kier alpha value is -0.820. The third kappa shape index (κ3) is 4.09. The summed E-state index contributed by atoms with van der Waals surface area (Å²) in [6.45, 7) is 13.3. The Kier molecular flexibility index (Phi) is 5.65. The van der Waals surface area contributed by atoms with Crippen LogP contribution in [0.3, 0.4) is 0 Å². The topological polar surface area (TPSA) is 3.24 Å². The molecule has 0 aromatic heterocycles. The van der Waals surface area contributed by atoms with Gasteiger partial charge in [0.15, 0.2) is 0 Å². The van der Waals surface area contributed by atoms with Crippen LogP contribution < -0.4 is 0 Å². The zero-order chi connectivity index (χ0) is 14.5. The van der Waals surface area contributed by atoms with E-state index in [9.17, 15) is 0 Å². The molecule has 1 nitrogen and oxygen atoms in total. The number of nitrogens with zero attached hydrogens (tertiary/aromatic N) is 1. The van der Waals surface area contributed by atoms with Crippen LogP contribution in [0, 0.1) is 17.8 Å². The molecule has 0 saturated carbocycles. The Morgan fingerprint density at radius 1 is 1.05 bits per heavy atom. The first-order valence-electron chi connectivity index (χ1n) is 8.35. The van der Waals surface area contributed by atoms with Crippen LogP contribution in [0.25, 0.3) is 0 Å². The second kappa shape index (κ2) is 7.26. The predicted molar refractivity (Wildman–Crippen MR) is 88.0 cm³/mol. The number of hydrogen-bond donors (Lipinski definition) is 0. The fourth-order valence-electron chi connectivity index (χ4n) is 3.62. The Morgan fingerprint density at radius 3 is 2.25 bits per heavy atom. The third-order valence-electron chi connectivity index (χ3n) is 4.65. The SMILES string of the molecule is CC(C)CCCN1CC([C@@H](c2ccccc2)C(C)C)C1. The van der Waals surface area contributed by atoms with Crippen molar-refractivity contribution in [2.24, 2.45) is 17.8 Å². The maximum absolute atomic E-state index is 2.64. The summed E-state index contributed by atoms with van der Waals surface area (Å²) in [6.07, 6.45) is 2.73. The van der Waals surface area contributed by atoms with E-state index in [1.165, 1.54) is 38.0 Å². The van der Waals surface area contributed by atoms with E-state index in [4.69, 9.17) is 0 Å². The number of hydrogen-bond acceptors (Lipinski definition) is 1. The predicted octanol–water partition coefficient (Wildman–Crippen LogP) is 4.79. The summed E-state index contributed by atoms with van der Waals surface area (Å²) >= 11 is 0. The van der Waals surface area contributed by atoms with Crippen molar-refractivity contribution in [2.75, 3.05) is 19.6 Å². The van der Waals surface area contributed by atoms with Crippen LogP contribution in [0.5, 0.6) is 0 Å². The highest BCUT2D eigenvalue weighted by atomic mass is 15.2. The van der Waals surface area contributed by atoms with Gasteiger partial charge in [-0.1, -0.05) is 58.0 Å². The van der Waals surface area contributed by atoms with Crippen molar-refractivity contribution < 1.29 is 0 Å². The molecule has 1 aliphatic heterocycles. The summed E-state index contributed by atoms with van der Waals surface area (Å²) in [6, 6.07) is 11.1. The molecule has 2 rings (SSSR count). The molecule has 1 aromatic rings. The van der Waals surface area contributed by atoms with Gasteiger partial charge in [0.1, 0.15) is 0 Å². The summed E-state index contributed by atoms with van der Waals surface area (Å²) in [7, 11) is 0. The maximum atomic E-state index is 2.64. The number of benzene rings is 1. The van der Waals surface area contributed by atoms with Crippen LogP contribution in [0.1, 0.15) is 52.0 Å². The largest absolute Gasteiger partial charge is 0.303 e. The van der Waals surface area contributed by atoms with Gasteiger partial charge in [-0.2, -0.15) is 0 Å². The van der Waals surface area contributed by atoms with Gasteiger partial charge < -0.3 is 4.90 Å². The van der Waals surface area contributed by atoms with Crippen molar-refractivity contribution in [1.29, 1.82) is 0 Å². The second-order valence-electron chi connectivity index (χ2n) is 7.24. The summed E-state index contributed by atoms with van der Waals surface area (Å²) < 4.78 is 0. The highest BCUT2D eigenvalue weighted by molar-refractivity contribution is 5.22. The van der Waals surface area contributed by atoms with E-state index >= 15 is 0 Å². The quantitative estimate of drug-likeness (QED) is 0.690. The number of rotatable bonds is 7. The molecular weight excluding hydrogens is 242 g/mol. The van der Waals surface area contributed by atoms with E-state index in [1.807, 2.05) is 0 Å². The van der Waals surface area contributed by atoms with Crippen LogP contribution in [0.2, 0.25) is 0 Å². The Bertz CT molecular complexity index is 376. The van der Waals surface area contributed by atoms with Crippen LogP contribution in [0.4, 0.5) is 0 Å². The van der Waals surface area contributed by atoms with Gasteiger partial charge in [-0.3, -0.25) is 0 Å². The first-order valence-corrected chi connectivity index (χ1v) is 8.35. The highest BCUT2D eigenvalue weighted by Gasteiger charge is 2.35. The van der Waals surface area contributed by atoms with E-state index in [0.717, 1.165) is 23.7 Å². The maximum Gasteiger partial charge on any atom is 0.00280 e. The van der Waals surface area contributed by atoms with Gasteiger partial charge in [-0.15, -0.1) is 0 Å². The van der Waals surface area contributed by atoms with Gasteiger partial charge in [0.2, 0.25) is 0 Å². The molecule has 112 valence electrons. The fraction of sp³-hybridized carbons (Fsp3) is 0.684. The minimum atomic E-state index is 0.734. The third-order valence-corrected chi connectivity index (χ3v) is 4.65. The molecule has 1 saturated heterocycles. The summed E-state index contributed by atoms with van der Waals surface area (Å²) in [5.74, 6) is 3.18. The molecule has 1 heteroatoms. The van der Waals surface area contributed by atoms with E-state index in [2.05, 4.69) is 62.9 Å². The molecule has 0 unspecified atom stereocenters. The molecule has 0 spiro atoms. The minimum Gasteiger partial charge on any atom is -0.303 e. The van der Waals surface area contributed by atoms with Crippen molar-refractivity contribution in [3.8, 4) is 0 Å². The van der Waals surface area contributed by atoms with Gasteiger partial charge in [0, 0.05) is 13.1 Å². The zero-order valence-electron chi connectivity index (χ0n) is 13.7. The molecule has 1 fully saturated rings. The van der Waals surface area contributed by atoms with E-state index in [0.29, 0.717) is 0 Å². The summed E-state index contributed by atoms with van der Waals surface area (Å²) in [5, 5.41) is 0. The first kappa shape index (κ1) is 15.6. The monoisotopic (exact) mass is 273 g/mol. The average molecular weight is 273 g/mol. The lowest BCUT2D eigenvalue weighted by molar-refractivity contribution is 0.0656. The fourth-order valence-corrected chi connectivity index (χ4v) is 3.62. The van der Waals surface area contributed by atoms with Gasteiger partial charge in [-0.05, 0) is 48.6 Å². The van der Waals surface area contributed by atoms with E-state index in [-0.39, 0.29) is 0 Å². The minimum absolute atomic E-state index is 0.734. The lowest BCUT2D eigenvalue weighted by Gasteiger charge is -2.45. The van der Waals surface area contributed by atoms with Crippen molar-refractivity contribution in [3.63, 3.8) is 0 Å². The normalized spacial score (nSPS) is 18.5. The Labute approximate surface area is 125 Å².